The highest BCUT2D eigenvalue weighted by atomic mass is 19.4. The zero-order valence-electron chi connectivity index (χ0n) is 16.2. The highest BCUT2D eigenvalue weighted by Gasteiger charge is 2.32. The molecule has 2 N–H and O–H groups in total. The lowest BCUT2D eigenvalue weighted by Gasteiger charge is -2.17. The maximum atomic E-state index is 12.5. The first-order valence-electron chi connectivity index (χ1n) is 9.39. The van der Waals surface area contributed by atoms with Crippen LogP contribution in [0.5, 0.6) is 5.75 Å². The Morgan fingerprint density at radius 2 is 2.00 bits per heavy atom. The molecule has 2 heterocycles. The number of H-pyrrole nitrogens is 1. The predicted octanol–water partition coefficient (Wildman–Crippen LogP) is 4.28. The molecule has 0 saturated carbocycles. The van der Waals surface area contributed by atoms with E-state index in [0.29, 0.717) is 36.3 Å². The molecule has 1 aromatic carbocycles. The van der Waals surface area contributed by atoms with Crippen LogP contribution in [0.2, 0.25) is 0 Å². The summed E-state index contributed by atoms with van der Waals surface area (Å²) in [7, 11) is 0. The molecule has 3 rings (SSSR count). The summed E-state index contributed by atoms with van der Waals surface area (Å²) in [6, 6.07) is 7.90. The lowest BCUT2D eigenvalue weighted by Crippen LogP contribution is -2.21. The van der Waals surface area contributed by atoms with Crippen molar-refractivity contribution in [2.24, 2.45) is 0 Å². The van der Waals surface area contributed by atoms with Crippen molar-refractivity contribution in [1.82, 2.24) is 10.3 Å². The number of pyridine rings is 1. The van der Waals surface area contributed by atoms with Gasteiger partial charge in [-0.2, -0.15) is 0 Å². The topological polar surface area (TPSA) is 63.4 Å². The van der Waals surface area contributed by atoms with Crippen LogP contribution in [-0.4, -0.2) is 17.9 Å². The first kappa shape index (κ1) is 21.0. The van der Waals surface area contributed by atoms with Crippen LogP contribution in [-0.2, 0) is 17.7 Å². The fourth-order valence-electron chi connectivity index (χ4n) is 3.30. The molecule has 5 nitrogen and oxygen atoms in total. The van der Waals surface area contributed by atoms with Crippen molar-refractivity contribution >= 4 is 0 Å². The number of hydrogen-bond acceptors (Lipinski definition) is 4. The standard InChI is InChI=1S/C21H23F3N2O3/c1-3-14-10-17(13(2)26-20(14)27)19-9-8-16(28-19)12-25-11-15-6-4-5-7-18(15)29-21(22,23)24/h4-8,10,19,25H,3,9,11-12H2,1-2H3,(H,26,27). The smallest absolute Gasteiger partial charge is 0.489 e. The molecule has 1 atom stereocenters. The summed E-state index contributed by atoms with van der Waals surface area (Å²) in [5.74, 6) is 0.496. The number of aromatic amines is 1. The van der Waals surface area contributed by atoms with Crippen molar-refractivity contribution in [2.75, 3.05) is 6.54 Å². The van der Waals surface area contributed by atoms with E-state index in [1.165, 1.54) is 12.1 Å². The summed E-state index contributed by atoms with van der Waals surface area (Å²) in [4.78, 5) is 14.8. The highest BCUT2D eigenvalue weighted by molar-refractivity contribution is 5.33. The molecule has 1 aromatic heterocycles. The van der Waals surface area contributed by atoms with Gasteiger partial charge in [0.1, 0.15) is 17.6 Å². The highest BCUT2D eigenvalue weighted by Crippen LogP contribution is 2.32. The summed E-state index contributed by atoms with van der Waals surface area (Å²) in [5.41, 5.74) is 2.75. The number of hydrogen-bond donors (Lipinski definition) is 2. The molecule has 29 heavy (non-hydrogen) atoms. The van der Waals surface area contributed by atoms with Gasteiger partial charge in [0.25, 0.3) is 5.56 Å². The first-order chi connectivity index (χ1) is 13.8. The van der Waals surface area contributed by atoms with Gasteiger partial charge >= 0.3 is 6.36 Å². The number of aromatic nitrogens is 1. The third kappa shape index (κ3) is 5.41. The summed E-state index contributed by atoms with van der Waals surface area (Å²) in [5, 5.41) is 3.09. The van der Waals surface area contributed by atoms with Gasteiger partial charge in [-0.15, -0.1) is 13.2 Å². The van der Waals surface area contributed by atoms with Crippen molar-refractivity contribution in [3.63, 3.8) is 0 Å². The second-order valence-corrected chi connectivity index (χ2v) is 6.83. The normalized spacial score (nSPS) is 16.4. The van der Waals surface area contributed by atoms with E-state index in [4.69, 9.17) is 4.74 Å². The quantitative estimate of drug-likeness (QED) is 0.718. The number of ether oxygens (including phenoxy) is 2. The molecular formula is C21H23F3N2O3. The second-order valence-electron chi connectivity index (χ2n) is 6.83. The number of rotatable bonds is 7. The van der Waals surface area contributed by atoms with Gasteiger partial charge < -0.3 is 19.8 Å². The number of nitrogens with one attached hydrogen (secondary N) is 2. The van der Waals surface area contributed by atoms with Crippen LogP contribution in [0.25, 0.3) is 0 Å². The molecular weight excluding hydrogens is 385 g/mol. The van der Waals surface area contributed by atoms with Crippen LogP contribution in [0.15, 0.2) is 47.0 Å². The van der Waals surface area contributed by atoms with E-state index in [0.717, 1.165) is 11.3 Å². The maximum absolute atomic E-state index is 12.5. The van der Waals surface area contributed by atoms with Gasteiger partial charge in [0.15, 0.2) is 0 Å². The molecule has 1 aliphatic heterocycles. The second kappa shape index (κ2) is 8.73. The molecule has 0 saturated heterocycles. The van der Waals surface area contributed by atoms with Gasteiger partial charge in [0.05, 0.1) is 6.54 Å². The van der Waals surface area contributed by atoms with Crippen LogP contribution < -0.4 is 15.6 Å². The Kier molecular flexibility index (Phi) is 6.32. The monoisotopic (exact) mass is 408 g/mol. The maximum Gasteiger partial charge on any atom is 0.573 e. The SMILES string of the molecule is CCc1cc(C2CC=C(CNCc3ccccc3OC(F)(F)F)O2)c(C)[nH]c1=O. The molecule has 0 radical (unpaired) electrons. The van der Waals surface area contributed by atoms with Crippen LogP contribution in [0.1, 0.15) is 41.8 Å². The van der Waals surface area contributed by atoms with E-state index in [1.807, 2.05) is 26.0 Å². The van der Waals surface area contributed by atoms with Crippen LogP contribution in [0, 0.1) is 6.92 Å². The molecule has 2 aromatic rings. The molecule has 0 amide bonds. The number of aryl methyl sites for hydroxylation is 2. The van der Waals surface area contributed by atoms with E-state index >= 15 is 0 Å². The molecule has 8 heteroatoms. The predicted molar refractivity (Wildman–Crippen MR) is 103 cm³/mol. The minimum atomic E-state index is -4.73. The van der Waals surface area contributed by atoms with Crippen LogP contribution >= 0.6 is 0 Å². The zero-order chi connectivity index (χ0) is 21.0. The van der Waals surface area contributed by atoms with E-state index in [2.05, 4.69) is 15.0 Å². The lowest BCUT2D eigenvalue weighted by molar-refractivity contribution is -0.274. The minimum absolute atomic E-state index is 0.0821. The summed E-state index contributed by atoms with van der Waals surface area (Å²) in [6.07, 6.45) is -1.66. The van der Waals surface area contributed by atoms with Crippen LogP contribution in [0.4, 0.5) is 13.2 Å². The Balaban J connectivity index is 1.58. The molecule has 156 valence electrons. The molecule has 1 aliphatic rings. The van der Waals surface area contributed by atoms with Crippen molar-refractivity contribution in [3.8, 4) is 5.75 Å². The van der Waals surface area contributed by atoms with Crippen molar-refractivity contribution in [3.05, 3.63) is 74.9 Å². The van der Waals surface area contributed by atoms with Crippen molar-refractivity contribution in [2.45, 2.75) is 45.7 Å². The third-order valence-electron chi connectivity index (χ3n) is 4.75. The summed E-state index contributed by atoms with van der Waals surface area (Å²) >= 11 is 0. The van der Waals surface area contributed by atoms with Gasteiger partial charge in [-0.05, 0) is 31.6 Å². The fraction of sp³-hybridized carbons (Fsp3) is 0.381. The zero-order valence-corrected chi connectivity index (χ0v) is 16.2. The molecule has 0 aliphatic carbocycles. The molecule has 0 bridgehead atoms. The minimum Gasteiger partial charge on any atom is -0.489 e. The first-order valence-corrected chi connectivity index (χ1v) is 9.39. The average Bonchev–Trinajstić information content (AvgIpc) is 3.11. The lowest BCUT2D eigenvalue weighted by atomic mass is 10.0. The Bertz CT molecular complexity index is 951. The van der Waals surface area contributed by atoms with Crippen LogP contribution in [0.3, 0.4) is 0 Å². The summed E-state index contributed by atoms with van der Waals surface area (Å²) in [6.45, 7) is 4.34. The van der Waals surface area contributed by atoms with Gasteiger partial charge in [0, 0.05) is 35.3 Å². The largest absolute Gasteiger partial charge is 0.573 e. The Labute approximate surface area is 166 Å². The van der Waals surface area contributed by atoms with Crippen molar-refractivity contribution < 1.29 is 22.6 Å². The van der Waals surface area contributed by atoms with Gasteiger partial charge in [-0.25, -0.2) is 0 Å². The summed E-state index contributed by atoms with van der Waals surface area (Å²) < 4.78 is 47.6. The Hall–Kier alpha value is -2.74. The number of alkyl halides is 3. The Morgan fingerprint density at radius 1 is 1.24 bits per heavy atom. The molecule has 0 spiro atoms. The van der Waals surface area contributed by atoms with E-state index in [1.54, 1.807) is 12.1 Å². The number of para-hydroxylation sites is 1. The van der Waals surface area contributed by atoms with E-state index < -0.39 is 6.36 Å². The molecule has 1 unspecified atom stereocenters. The number of halogens is 3. The number of benzene rings is 1. The Morgan fingerprint density at radius 3 is 2.72 bits per heavy atom. The molecule has 0 fully saturated rings. The van der Waals surface area contributed by atoms with Gasteiger partial charge in [-0.1, -0.05) is 25.1 Å². The third-order valence-corrected chi connectivity index (χ3v) is 4.75. The van der Waals surface area contributed by atoms with Gasteiger partial charge in [-0.3, -0.25) is 4.79 Å². The fourth-order valence-corrected chi connectivity index (χ4v) is 3.30. The van der Waals surface area contributed by atoms with Gasteiger partial charge in [0.2, 0.25) is 0 Å². The van der Waals surface area contributed by atoms with E-state index in [-0.39, 0.29) is 24.0 Å². The average molecular weight is 408 g/mol. The van der Waals surface area contributed by atoms with E-state index in [9.17, 15) is 18.0 Å². The van der Waals surface area contributed by atoms with Crippen molar-refractivity contribution in [1.29, 1.82) is 0 Å².